The van der Waals surface area contributed by atoms with Crippen LogP contribution in [0.1, 0.15) is 33.2 Å². The monoisotopic (exact) mass is 438 g/mol. The first-order valence-corrected chi connectivity index (χ1v) is 10.5. The minimum atomic E-state index is -0.472. The third kappa shape index (κ3) is 5.25. The maximum Gasteiger partial charge on any atom is 0.343 e. The number of esters is 1. The number of carbonyl (C=O) groups is 2. The molecule has 164 valence electrons. The van der Waals surface area contributed by atoms with Crippen LogP contribution in [0.3, 0.4) is 0 Å². The predicted molar refractivity (Wildman–Crippen MR) is 128 cm³/mol. The molecule has 0 aliphatic heterocycles. The molecule has 0 fully saturated rings. The predicted octanol–water partition coefficient (Wildman–Crippen LogP) is 5.22. The van der Waals surface area contributed by atoms with Crippen LogP contribution in [0, 0.1) is 0 Å². The summed E-state index contributed by atoms with van der Waals surface area (Å²) in [6.45, 7) is 2.24. The highest BCUT2D eigenvalue weighted by Crippen LogP contribution is 2.29. The SMILES string of the molecule is CCOc1cc(/C=N\NC(=O)c2cccc3ccccc23)ccc1OC(=O)c1ccccc1. The molecule has 4 rings (SSSR count). The Bertz CT molecular complexity index is 1310. The van der Waals surface area contributed by atoms with Gasteiger partial charge in [-0.15, -0.1) is 0 Å². The Morgan fingerprint density at radius 3 is 2.45 bits per heavy atom. The van der Waals surface area contributed by atoms with Crippen molar-refractivity contribution < 1.29 is 19.1 Å². The van der Waals surface area contributed by atoms with E-state index in [1.165, 1.54) is 6.21 Å². The van der Waals surface area contributed by atoms with Crippen LogP contribution in [-0.2, 0) is 0 Å². The zero-order chi connectivity index (χ0) is 23.0. The van der Waals surface area contributed by atoms with Crippen LogP contribution in [0.25, 0.3) is 10.8 Å². The number of nitrogens with zero attached hydrogens (tertiary/aromatic N) is 1. The molecule has 0 radical (unpaired) electrons. The Morgan fingerprint density at radius 1 is 0.879 bits per heavy atom. The van der Waals surface area contributed by atoms with Crippen molar-refractivity contribution in [3.63, 3.8) is 0 Å². The minimum Gasteiger partial charge on any atom is -0.490 e. The van der Waals surface area contributed by atoms with Gasteiger partial charge in [0.1, 0.15) is 0 Å². The van der Waals surface area contributed by atoms with Gasteiger partial charge in [-0.1, -0.05) is 54.6 Å². The van der Waals surface area contributed by atoms with Crippen molar-refractivity contribution in [3.05, 3.63) is 108 Å². The lowest BCUT2D eigenvalue weighted by molar-refractivity contribution is 0.0728. The summed E-state index contributed by atoms with van der Waals surface area (Å²) in [6.07, 6.45) is 1.51. The molecule has 0 spiro atoms. The van der Waals surface area contributed by atoms with Gasteiger partial charge in [0.05, 0.1) is 18.4 Å². The summed E-state index contributed by atoms with van der Waals surface area (Å²) in [6, 6.07) is 27.0. The Balaban J connectivity index is 1.48. The van der Waals surface area contributed by atoms with Gasteiger partial charge in [0.25, 0.3) is 5.91 Å². The molecule has 33 heavy (non-hydrogen) atoms. The van der Waals surface area contributed by atoms with Crippen molar-refractivity contribution in [1.29, 1.82) is 0 Å². The van der Waals surface area contributed by atoms with Crippen LogP contribution in [0.5, 0.6) is 11.5 Å². The maximum atomic E-state index is 12.6. The van der Waals surface area contributed by atoms with Crippen molar-refractivity contribution in [1.82, 2.24) is 5.43 Å². The van der Waals surface area contributed by atoms with Gasteiger partial charge in [0.15, 0.2) is 11.5 Å². The van der Waals surface area contributed by atoms with Gasteiger partial charge in [-0.25, -0.2) is 10.2 Å². The topological polar surface area (TPSA) is 77.0 Å². The van der Waals surface area contributed by atoms with E-state index in [2.05, 4.69) is 10.5 Å². The van der Waals surface area contributed by atoms with Gasteiger partial charge in [0, 0.05) is 5.56 Å². The maximum absolute atomic E-state index is 12.6. The molecular formula is C27H22N2O4. The molecular weight excluding hydrogens is 416 g/mol. The van der Waals surface area contributed by atoms with Crippen molar-refractivity contribution >= 4 is 28.9 Å². The second-order valence-corrected chi connectivity index (χ2v) is 7.12. The first-order chi connectivity index (χ1) is 16.2. The number of rotatable bonds is 7. The van der Waals surface area contributed by atoms with Gasteiger partial charge in [-0.3, -0.25) is 4.79 Å². The van der Waals surface area contributed by atoms with E-state index in [1.807, 2.05) is 49.4 Å². The second-order valence-electron chi connectivity index (χ2n) is 7.12. The van der Waals surface area contributed by atoms with E-state index < -0.39 is 5.97 Å². The van der Waals surface area contributed by atoms with Gasteiger partial charge in [0.2, 0.25) is 0 Å². The van der Waals surface area contributed by atoms with Gasteiger partial charge >= 0.3 is 5.97 Å². The van der Waals surface area contributed by atoms with Crippen molar-refractivity contribution in [3.8, 4) is 11.5 Å². The fourth-order valence-electron chi connectivity index (χ4n) is 3.34. The molecule has 0 bridgehead atoms. The number of nitrogens with one attached hydrogen (secondary N) is 1. The van der Waals surface area contributed by atoms with Crippen LogP contribution in [0.2, 0.25) is 0 Å². The third-order valence-electron chi connectivity index (χ3n) is 4.89. The van der Waals surface area contributed by atoms with Gasteiger partial charge in [-0.2, -0.15) is 5.10 Å². The first kappa shape index (κ1) is 21.8. The summed E-state index contributed by atoms with van der Waals surface area (Å²) in [5.41, 5.74) is 4.23. The summed E-state index contributed by atoms with van der Waals surface area (Å²) in [5, 5.41) is 5.92. The number of hydrogen-bond donors (Lipinski definition) is 1. The molecule has 1 amide bonds. The molecule has 0 heterocycles. The summed E-state index contributed by atoms with van der Waals surface area (Å²) in [4.78, 5) is 25.0. The standard InChI is InChI=1S/C27H22N2O4/c1-2-32-25-17-19(15-16-24(25)33-27(31)21-10-4-3-5-11-21)18-28-29-26(30)23-14-8-12-20-9-6-7-13-22(20)23/h3-18H,2H2,1H3,(H,29,30)/b28-18-. The fourth-order valence-corrected chi connectivity index (χ4v) is 3.34. The number of benzene rings is 4. The summed E-state index contributed by atoms with van der Waals surface area (Å²) in [7, 11) is 0. The zero-order valence-electron chi connectivity index (χ0n) is 18.0. The highest BCUT2D eigenvalue weighted by molar-refractivity contribution is 6.07. The lowest BCUT2D eigenvalue weighted by Gasteiger charge is -2.11. The number of hydrazone groups is 1. The lowest BCUT2D eigenvalue weighted by atomic mass is 10.0. The summed E-state index contributed by atoms with van der Waals surface area (Å²) >= 11 is 0. The van der Waals surface area contributed by atoms with Crippen molar-refractivity contribution in [2.45, 2.75) is 6.92 Å². The van der Waals surface area contributed by atoms with E-state index in [4.69, 9.17) is 9.47 Å². The number of amides is 1. The molecule has 0 unspecified atom stereocenters. The van der Waals surface area contributed by atoms with E-state index in [0.717, 1.165) is 10.8 Å². The number of carbonyl (C=O) groups excluding carboxylic acids is 2. The summed E-state index contributed by atoms with van der Waals surface area (Å²) in [5.74, 6) is -0.0597. The average Bonchev–Trinajstić information content (AvgIpc) is 2.85. The van der Waals surface area contributed by atoms with Crippen LogP contribution in [0.15, 0.2) is 96.1 Å². The highest BCUT2D eigenvalue weighted by Gasteiger charge is 2.13. The molecule has 4 aromatic rings. The van der Waals surface area contributed by atoms with Crippen molar-refractivity contribution in [2.24, 2.45) is 5.10 Å². The molecule has 0 saturated heterocycles. The number of ether oxygens (including phenoxy) is 2. The Labute approximate surface area is 191 Å². The van der Waals surface area contributed by atoms with Gasteiger partial charge in [-0.05, 0) is 59.7 Å². The zero-order valence-corrected chi connectivity index (χ0v) is 18.0. The molecule has 6 heteroatoms. The second kappa shape index (κ2) is 10.2. The molecule has 0 aliphatic rings. The quantitative estimate of drug-likeness (QED) is 0.186. The lowest BCUT2D eigenvalue weighted by Crippen LogP contribution is -2.17. The normalized spacial score (nSPS) is 10.8. The van der Waals surface area contributed by atoms with Crippen LogP contribution < -0.4 is 14.9 Å². The molecule has 0 saturated carbocycles. The van der Waals surface area contributed by atoms with E-state index in [-0.39, 0.29) is 5.91 Å². The third-order valence-corrected chi connectivity index (χ3v) is 4.89. The molecule has 6 nitrogen and oxygen atoms in total. The summed E-state index contributed by atoms with van der Waals surface area (Å²) < 4.78 is 11.1. The van der Waals surface area contributed by atoms with E-state index in [1.54, 1.807) is 48.5 Å². The highest BCUT2D eigenvalue weighted by atomic mass is 16.6. The van der Waals surface area contributed by atoms with Crippen LogP contribution in [-0.4, -0.2) is 24.7 Å². The first-order valence-electron chi connectivity index (χ1n) is 10.5. The fraction of sp³-hybridized carbons (Fsp3) is 0.0741. The molecule has 4 aromatic carbocycles. The molecule has 0 aromatic heterocycles. The molecule has 1 N–H and O–H groups in total. The minimum absolute atomic E-state index is 0.304. The molecule has 0 aliphatic carbocycles. The van der Waals surface area contributed by atoms with E-state index >= 15 is 0 Å². The smallest absolute Gasteiger partial charge is 0.343 e. The Hall–Kier alpha value is -4.45. The molecule has 0 atom stereocenters. The van der Waals surface area contributed by atoms with Crippen LogP contribution >= 0.6 is 0 Å². The number of hydrogen-bond acceptors (Lipinski definition) is 5. The van der Waals surface area contributed by atoms with Crippen molar-refractivity contribution in [2.75, 3.05) is 6.61 Å². The average molecular weight is 438 g/mol. The Kier molecular flexibility index (Phi) is 6.75. The van der Waals surface area contributed by atoms with Crippen LogP contribution in [0.4, 0.5) is 0 Å². The number of fused-ring (bicyclic) bond motifs is 1. The van der Waals surface area contributed by atoms with Gasteiger partial charge < -0.3 is 9.47 Å². The Morgan fingerprint density at radius 2 is 1.64 bits per heavy atom. The van der Waals surface area contributed by atoms with E-state index in [9.17, 15) is 9.59 Å². The van der Waals surface area contributed by atoms with E-state index in [0.29, 0.717) is 34.8 Å². The largest absolute Gasteiger partial charge is 0.490 e.